The van der Waals surface area contributed by atoms with Crippen molar-refractivity contribution in [1.29, 1.82) is 0 Å². The number of rotatable bonds is 5. The Bertz CT molecular complexity index is 353. The van der Waals surface area contributed by atoms with Crippen LogP contribution in [0, 0.1) is 5.82 Å². The summed E-state index contributed by atoms with van der Waals surface area (Å²) in [5, 5.41) is 0. The topological polar surface area (TPSA) is 44.5 Å². The highest BCUT2D eigenvalue weighted by molar-refractivity contribution is 5.53. The van der Waals surface area contributed by atoms with E-state index in [-0.39, 0.29) is 11.3 Å². The van der Waals surface area contributed by atoms with Crippen LogP contribution in [0.15, 0.2) is 18.2 Å². The number of nitrogens with two attached hydrogens (primary N) is 1. The number of ether oxygens (including phenoxy) is 2. The van der Waals surface area contributed by atoms with Gasteiger partial charge in [0.25, 0.3) is 0 Å². The van der Waals surface area contributed by atoms with Crippen LogP contribution in [0.2, 0.25) is 0 Å². The number of anilines is 1. The van der Waals surface area contributed by atoms with Crippen LogP contribution in [0.5, 0.6) is 5.75 Å². The number of hydrogen-bond acceptors (Lipinski definition) is 3. The Morgan fingerprint density at radius 1 is 1.38 bits per heavy atom. The number of para-hydroxylation sites is 1. The summed E-state index contributed by atoms with van der Waals surface area (Å²) in [4.78, 5) is 0. The number of halogens is 1. The van der Waals surface area contributed by atoms with Gasteiger partial charge in [0, 0.05) is 13.5 Å². The van der Waals surface area contributed by atoms with E-state index in [0.29, 0.717) is 18.8 Å². The zero-order chi connectivity index (χ0) is 12.2. The second-order valence-electron chi connectivity index (χ2n) is 4.21. The molecule has 0 amide bonds. The molecule has 4 heteroatoms. The Morgan fingerprint density at radius 3 is 2.69 bits per heavy atom. The van der Waals surface area contributed by atoms with Gasteiger partial charge in [-0.15, -0.1) is 0 Å². The summed E-state index contributed by atoms with van der Waals surface area (Å²) < 4.78 is 23.7. The molecule has 0 radical (unpaired) electrons. The highest BCUT2D eigenvalue weighted by atomic mass is 19.1. The molecule has 16 heavy (non-hydrogen) atoms. The van der Waals surface area contributed by atoms with Gasteiger partial charge in [-0.1, -0.05) is 6.07 Å². The van der Waals surface area contributed by atoms with E-state index >= 15 is 0 Å². The summed E-state index contributed by atoms with van der Waals surface area (Å²) in [6.45, 7) is 4.37. The lowest BCUT2D eigenvalue weighted by atomic mass is 10.1. The van der Waals surface area contributed by atoms with Gasteiger partial charge in [-0.2, -0.15) is 0 Å². The zero-order valence-corrected chi connectivity index (χ0v) is 9.92. The molecule has 0 atom stereocenters. The van der Waals surface area contributed by atoms with E-state index in [4.69, 9.17) is 15.2 Å². The lowest BCUT2D eigenvalue weighted by Gasteiger charge is -2.22. The fourth-order valence-electron chi connectivity index (χ4n) is 1.15. The molecule has 1 aromatic rings. The van der Waals surface area contributed by atoms with Crippen molar-refractivity contribution >= 4 is 5.69 Å². The fraction of sp³-hybridized carbons (Fsp3) is 0.500. The summed E-state index contributed by atoms with van der Waals surface area (Å²) in [6.07, 6.45) is 0.708. The molecule has 0 aliphatic carbocycles. The summed E-state index contributed by atoms with van der Waals surface area (Å²) >= 11 is 0. The Morgan fingerprint density at radius 2 is 2.06 bits per heavy atom. The molecule has 0 aliphatic heterocycles. The fourth-order valence-corrected chi connectivity index (χ4v) is 1.15. The normalized spacial score (nSPS) is 11.5. The van der Waals surface area contributed by atoms with Crippen molar-refractivity contribution in [3.63, 3.8) is 0 Å². The van der Waals surface area contributed by atoms with Crippen LogP contribution in [-0.4, -0.2) is 19.3 Å². The van der Waals surface area contributed by atoms with Gasteiger partial charge in [0.2, 0.25) is 0 Å². The first-order chi connectivity index (χ1) is 7.46. The molecule has 2 N–H and O–H groups in total. The Kier molecular flexibility index (Phi) is 4.12. The lowest BCUT2D eigenvalue weighted by molar-refractivity contribution is 0.00550. The molecule has 1 aromatic carbocycles. The van der Waals surface area contributed by atoms with E-state index < -0.39 is 5.82 Å². The molecule has 0 saturated carbocycles. The van der Waals surface area contributed by atoms with E-state index in [2.05, 4.69) is 0 Å². The highest BCUT2D eigenvalue weighted by Gasteiger charge is 2.16. The average Bonchev–Trinajstić information content (AvgIpc) is 2.24. The third-order valence-electron chi connectivity index (χ3n) is 2.53. The van der Waals surface area contributed by atoms with Crippen molar-refractivity contribution < 1.29 is 13.9 Å². The standard InChI is InChI=1S/C12H18FNO2/c1-12(2,15-3)7-8-16-10-6-4-5-9(13)11(10)14/h4-6H,7-8,14H2,1-3H3. The lowest BCUT2D eigenvalue weighted by Crippen LogP contribution is -2.25. The molecule has 0 saturated heterocycles. The summed E-state index contributed by atoms with van der Waals surface area (Å²) in [5.41, 5.74) is 5.34. The first-order valence-corrected chi connectivity index (χ1v) is 5.18. The minimum Gasteiger partial charge on any atom is -0.491 e. The minimum absolute atomic E-state index is 0.0534. The Labute approximate surface area is 95.4 Å². The number of benzene rings is 1. The van der Waals surface area contributed by atoms with Crippen molar-refractivity contribution in [3.8, 4) is 5.75 Å². The van der Waals surface area contributed by atoms with E-state index in [1.165, 1.54) is 6.07 Å². The van der Waals surface area contributed by atoms with Crippen LogP contribution in [0.3, 0.4) is 0 Å². The van der Waals surface area contributed by atoms with Crippen LogP contribution in [0.1, 0.15) is 20.3 Å². The summed E-state index contributed by atoms with van der Waals surface area (Å²) in [6, 6.07) is 4.53. The predicted molar refractivity (Wildman–Crippen MR) is 62.0 cm³/mol. The van der Waals surface area contributed by atoms with Gasteiger partial charge in [-0.3, -0.25) is 0 Å². The molecule has 0 bridgehead atoms. The van der Waals surface area contributed by atoms with Crippen LogP contribution in [-0.2, 0) is 4.74 Å². The third-order valence-corrected chi connectivity index (χ3v) is 2.53. The molecule has 0 fully saturated rings. The maximum Gasteiger partial charge on any atom is 0.149 e. The SMILES string of the molecule is COC(C)(C)CCOc1cccc(F)c1N. The van der Waals surface area contributed by atoms with Gasteiger partial charge < -0.3 is 15.2 Å². The molecular weight excluding hydrogens is 209 g/mol. The van der Waals surface area contributed by atoms with Crippen LogP contribution in [0.25, 0.3) is 0 Å². The number of nitrogen functional groups attached to an aromatic ring is 1. The molecule has 0 aliphatic rings. The summed E-state index contributed by atoms with van der Waals surface area (Å²) in [5.74, 6) is -0.0737. The van der Waals surface area contributed by atoms with Gasteiger partial charge in [0.15, 0.2) is 0 Å². The average molecular weight is 227 g/mol. The predicted octanol–water partition coefficient (Wildman–Crippen LogP) is 2.60. The molecule has 0 spiro atoms. The first-order valence-electron chi connectivity index (χ1n) is 5.18. The molecule has 0 heterocycles. The van der Waals surface area contributed by atoms with E-state index in [9.17, 15) is 4.39 Å². The van der Waals surface area contributed by atoms with Gasteiger partial charge in [-0.25, -0.2) is 4.39 Å². The quantitative estimate of drug-likeness (QED) is 0.786. The number of methoxy groups -OCH3 is 1. The number of hydrogen-bond donors (Lipinski definition) is 1. The van der Waals surface area contributed by atoms with Crippen LogP contribution < -0.4 is 10.5 Å². The van der Waals surface area contributed by atoms with E-state index in [1.54, 1.807) is 19.2 Å². The van der Waals surface area contributed by atoms with Crippen molar-refractivity contribution in [2.45, 2.75) is 25.9 Å². The maximum absolute atomic E-state index is 13.1. The van der Waals surface area contributed by atoms with E-state index in [1.807, 2.05) is 13.8 Å². The van der Waals surface area contributed by atoms with Crippen molar-refractivity contribution in [1.82, 2.24) is 0 Å². The first kappa shape index (κ1) is 12.8. The molecular formula is C12H18FNO2. The summed E-state index contributed by atoms with van der Waals surface area (Å²) in [7, 11) is 1.65. The molecule has 3 nitrogen and oxygen atoms in total. The molecule has 90 valence electrons. The maximum atomic E-state index is 13.1. The third kappa shape index (κ3) is 3.38. The zero-order valence-electron chi connectivity index (χ0n) is 9.92. The second-order valence-corrected chi connectivity index (χ2v) is 4.21. The Balaban J connectivity index is 2.53. The van der Waals surface area contributed by atoms with Gasteiger partial charge in [-0.05, 0) is 26.0 Å². The monoisotopic (exact) mass is 227 g/mol. The largest absolute Gasteiger partial charge is 0.491 e. The van der Waals surface area contributed by atoms with Crippen molar-refractivity contribution in [2.24, 2.45) is 0 Å². The van der Waals surface area contributed by atoms with Gasteiger partial charge >= 0.3 is 0 Å². The van der Waals surface area contributed by atoms with Crippen LogP contribution in [0.4, 0.5) is 10.1 Å². The van der Waals surface area contributed by atoms with Crippen molar-refractivity contribution in [3.05, 3.63) is 24.0 Å². The van der Waals surface area contributed by atoms with Crippen LogP contribution >= 0.6 is 0 Å². The van der Waals surface area contributed by atoms with Gasteiger partial charge in [0.1, 0.15) is 17.3 Å². The van der Waals surface area contributed by atoms with Crippen molar-refractivity contribution in [2.75, 3.05) is 19.5 Å². The smallest absolute Gasteiger partial charge is 0.149 e. The van der Waals surface area contributed by atoms with E-state index in [0.717, 1.165) is 0 Å². The van der Waals surface area contributed by atoms with Gasteiger partial charge in [0.05, 0.1) is 12.2 Å². The molecule has 1 rings (SSSR count). The minimum atomic E-state index is -0.455. The highest BCUT2D eigenvalue weighted by Crippen LogP contribution is 2.24. The molecule has 0 aromatic heterocycles. The second kappa shape index (κ2) is 5.16. The molecule has 0 unspecified atom stereocenters. The Hall–Kier alpha value is -1.29.